The molecule has 1 rings (SSSR count). The fourth-order valence-corrected chi connectivity index (χ4v) is 1.42. The van der Waals surface area contributed by atoms with Gasteiger partial charge in [-0.05, 0) is 13.0 Å². The van der Waals surface area contributed by atoms with Crippen molar-refractivity contribution >= 4 is 10.2 Å². The van der Waals surface area contributed by atoms with E-state index in [9.17, 15) is 12.3 Å². The quantitative estimate of drug-likeness (QED) is 0.622. The molecule has 0 atom stereocenters. The van der Waals surface area contributed by atoms with Crippen LogP contribution in [-0.2, 0) is 16.8 Å². The van der Waals surface area contributed by atoms with Crippen LogP contribution in [0.4, 0.5) is 3.89 Å². The van der Waals surface area contributed by atoms with Crippen LogP contribution >= 0.6 is 0 Å². The van der Waals surface area contributed by atoms with Gasteiger partial charge in [0.2, 0.25) is 0 Å². The van der Waals surface area contributed by atoms with Gasteiger partial charge in [-0.25, -0.2) is 0 Å². The van der Waals surface area contributed by atoms with Crippen LogP contribution in [0, 0.1) is 0 Å². The molecule has 1 aromatic rings. The summed E-state index contributed by atoms with van der Waals surface area (Å²) in [4.78, 5) is 0. The van der Waals surface area contributed by atoms with Gasteiger partial charge in [-0.15, -0.1) is 0 Å². The van der Waals surface area contributed by atoms with E-state index in [1.807, 2.05) is 0 Å². The Balaban J connectivity index is 3.24. The van der Waals surface area contributed by atoms with Crippen LogP contribution < -0.4 is 0 Å². The Morgan fingerprint density at radius 1 is 1.73 bits per heavy atom. The first-order valence-electron chi connectivity index (χ1n) is 3.02. The topological polar surface area (TPSA) is 52.0 Å². The highest BCUT2D eigenvalue weighted by atomic mass is 32.3. The lowest BCUT2D eigenvalue weighted by molar-refractivity contribution is 0.520. The van der Waals surface area contributed by atoms with Crippen molar-refractivity contribution < 1.29 is 12.3 Å². The molecule has 0 aliphatic heterocycles. The Morgan fingerprint density at radius 3 is 2.73 bits per heavy atom. The molecule has 0 aliphatic rings. The largest absolute Gasteiger partial charge is 0.349 e. The zero-order valence-electron chi connectivity index (χ0n) is 5.86. The Bertz CT molecular complexity index is 343. The minimum atomic E-state index is -4.60. The van der Waals surface area contributed by atoms with Crippen molar-refractivity contribution in [2.75, 3.05) is 0 Å². The van der Waals surface area contributed by atoms with Crippen LogP contribution in [0.5, 0.6) is 0 Å². The normalized spacial score (nSPS) is 11.8. The molecule has 0 radical (unpaired) electrons. The first-order valence-corrected chi connectivity index (χ1v) is 4.40. The van der Waals surface area contributed by atoms with Gasteiger partial charge >= 0.3 is 10.2 Å². The first-order chi connectivity index (χ1) is 5.05. The Kier molecular flexibility index (Phi) is 1.95. The predicted octanol–water partition coefficient (Wildman–Crippen LogP) is 0.561. The van der Waals surface area contributed by atoms with E-state index in [1.54, 1.807) is 6.92 Å². The van der Waals surface area contributed by atoms with Crippen LogP contribution in [0.25, 0.3) is 0 Å². The SMILES string of the molecule is CCn1nccc1S(=O)(=O)F. The van der Waals surface area contributed by atoms with Gasteiger partial charge in [0.15, 0.2) is 5.03 Å². The Hall–Kier alpha value is -0.910. The van der Waals surface area contributed by atoms with Crippen molar-refractivity contribution in [1.82, 2.24) is 9.78 Å². The molecule has 0 bridgehead atoms. The second kappa shape index (κ2) is 2.61. The third-order valence-corrected chi connectivity index (χ3v) is 2.07. The second-order valence-corrected chi connectivity index (χ2v) is 3.22. The molecule has 0 spiro atoms. The molecule has 11 heavy (non-hydrogen) atoms. The summed E-state index contributed by atoms with van der Waals surface area (Å²) >= 11 is 0. The number of hydrogen-bond acceptors (Lipinski definition) is 3. The Labute approximate surface area is 63.9 Å². The van der Waals surface area contributed by atoms with Gasteiger partial charge in [0.25, 0.3) is 0 Å². The monoisotopic (exact) mass is 178 g/mol. The van der Waals surface area contributed by atoms with Crippen LogP contribution in [0.2, 0.25) is 0 Å². The molecule has 0 N–H and O–H groups in total. The molecule has 62 valence electrons. The van der Waals surface area contributed by atoms with E-state index >= 15 is 0 Å². The molecule has 4 nitrogen and oxygen atoms in total. The molecule has 6 heteroatoms. The van der Waals surface area contributed by atoms with Crippen molar-refractivity contribution in [1.29, 1.82) is 0 Å². The van der Waals surface area contributed by atoms with Crippen LogP contribution in [0.3, 0.4) is 0 Å². The maximum atomic E-state index is 12.3. The first kappa shape index (κ1) is 8.19. The molecule has 0 aromatic carbocycles. The van der Waals surface area contributed by atoms with Gasteiger partial charge in [0.1, 0.15) is 0 Å². The lowest BCUT2D eigenvalue weighted by Crippen LogP contribution is -2.05. The van der Waals surface area contributed by atoms with Gasteiger partial charge in [0.05, 0.1) is 6.20 Å². The highest BCUT2D eigenvalue weighted by Crippen LogP contribution is 2.10. The molecule has 1 heterocycles. The summed E-state index contributed by atoms with van der Waals surface area (Å²) in [5.41, 5.74) is 0. The van der Waals surface area contributed by atoms with E-state index in [-0.39, 0.29) is 5.03 Å². The molecular weight excluding hydrogens is 171 g/mol. The minimum Gasteiger partial charge on any atom is -0.252 e. The van der Waals surface area contributed by atoms with E-state index in [0.29, 0.717) is 6.54 Å². The van der Waals surface area contributed by atoms with Crippen molar-refractivity contribution in [3.63, 3.8) is 0 Å². The average Bonchev–Trinajstić information content (AvgIpc) is 2.31. The molecule has 0 fully saturated rings. The molecule has 0 saturated carbocycles. The fourth-order valence-electron chi connectivity index (χ4n) is 0.765. The van der Waals surface area contributed by atoms with E-state index in [4.69, 9.17) is 0 Å². The van der Waals surface area contributed by atoms with E-state index in [1.165, 1.54) is 6.20 Å². The third-order valence-electron chi connectivity index (χ3n) is 1.23. The molecular formula is C5H7FN2O2S. The number of nitrogens with zero attached hydrogens (tertiary/aromatic N) is 2. The highest BCUT2D eigenvalue weighted by molar-refractivity contribution is 7.86. The van der Waals surface area contributed by atoms with Gasteiger partial charge in [-0.3, -0.25) is 4.68 Å². The van der Waals surface area contributed by atoms with Gasteiger partial charge < -0.3 is 0 Å². The number of aryl methyl sites for hydroxylation is 1. The maximum absolute atomic E-state index is 12.3. The summed E-state index contributed by atoms with van der Waals surface area (Å²) in [7, 11) is -4.60. The summed E-state index contributed by atoms with van der Waals surface area (Å²) in [5.74, 6) is 0. The van der Waals surface area contributed by atoms with Crippen molar-refractivity contribution in [3.05, 3.63) is 12.3 Å². The smallest absolute Gasteiger partial charge is 0.252 e. The molecule has 0 amide bonds. The summed E-state index contributed by atoms with van der Waals surface area (Å²) in [6.45, 7) is 2.02. The van der Waals surface area contributed by atoms with Crippen LogP contribution in [0.15, 0.2) is 17.3 Å². The Morgan fingerprint density at radius 2 is 2.36 bits per heavy atom. The highest BCUT2D eigenvalue weighted by Gasteiger charge is 2.16. The molecule has 1 aromatic heterocycles. The van der Waals surface area contributed by atoms with Gasteiger partial charge in [0, 0.05) is 6.54 Å². The average molecular weight is 178 g/mol. The van der Waals surface area contributed by atoms with Gasteiger partial charge in [-0.1, -0.05) is 3.89 Å². The van der Waals surface area contributed by atoms with Gasteiger partial charge in [-0.2, -0.15) is 13.5 Å². The van der Waals surface area contributed by atoms with E-state index < -0.39 is 10.2 Å². The number of rotatable bonds is 2. The standard InChI is InChI=1S/C5H7FN2O2S/c1-2-8-5(3-4-7-8)11(6,9)10/h3-4H,2H2,1H3. The predicted molar refractivity (Wildman–Crippen MR) is 36.2 cm³/mol. The zero-order valence-corrected chi connectivity index (χ0v) is 6.68. The van der Waals surface area contributed by atoms with Crippen molar-refractivity contribution in [2.24, 2.45) is 0 Å². The number of hydrogen-bond donors (Lipinski definition) is 0. The van der Waals surface area contributed by atoms with Crippen LogP contribution in [0.1, 0.15) is 6.92 Å². The summed E-state index contributed by atoms with van der Waals surface area (Å²) in [5, 5.41) is 3.21. The summed E-state index contributed by atoms with van der Waals surface area (Å²) < 4.78 is 34.1. The number of halogens is 1. The van der Waals surface area contributed by atoms with E-state index in [0.717, 1.165) is 10.7 Å². The molecule has 0 unspecified atom stereocenters. The third kappa shape index (κ3) is 1.56. The zero-order chi connectivity index (χ0) is 8.48. The second-order valence-electron chi connectivity index (χ2n) is 1.92. The molecule has 0 saturated heterocycles. The van der Waals surface area contributed by atoms with Crippen molar-refractivity contribution in [3.8, 4) is 0 Å². The van der Waals surface area contributed by atoms with E-state index in [2.05, 4.69) is 5.10 Å². The minimum absolute atomic E-state index is 0.339. The lowest BCUT2D eigenvalue weighted by Gasteiger charge is -1.97. The van der Waals surface area contributed by atoms with Crippen LogP contribution in [-0.4, -0.2) is 18.2 Å². The molecule has 0 aliphatic carbocycles. The maximum Gasteiger partial charge on any atom is 0.349 e. The lowest BCUT2D eigenvalue weighted by atomic mass is 10.7. The fraction of sp³-hybridized carbons (Fsp3) is 0.400. The number of aromatic nitrogens is 2. The van der Waals surface area contributed by atoms with Crippen molar-refractivity contribution in [2.45, 2.75) is 18.5 Å². The summed E-state index contributed by atoms with van der Waals surface area (Å²) in [6, 6.07) is 1.12. The summed E-state index contributed by atoms with van der Waals surface area (Å²) in [6.07, 6.45) is 1.25.